The minimum Gasteiger partial charge on any atom is -0.489 e. The molecule has 2 saturated heterocycles. The maximum absolute atomic E-state index is 9.01. The van der Waals surface area contributed by atoms with Crippen LogP contribution in [0.15, 0.2) is 72.6 Å². The maximum atomic E-state index is 9.01. The van der Waals surface area contributed by atoms with Crippen molar-refractivity contribution in [1.82, 2.24) is 14.7 Å². The molecule has 0 aliphatic carbocycles. The van der Waals surface area contributed by atoms with Crippen LogP contribution in [-0.4, -0.2) is 59.6 Å². The number of allylic oxidation sites excluding steroid dienone is 1. The lowest BCUT2D eigenvalue weighted by molar-refractivity contribution is 0.105. The van der Waals surface area contributed by atoms with E-state index < -0.39 is 0 Å². The average Bonchev–Trinajstić information content (AvgIpc) is 2.94. The van der Waals surface area contributed by atoms with Crippen LogP contribution in [0.25, 0.3) is 0 Å². The molecule has 0 amide bonds. The van der Waals surface area contributed by atoms with Crippen LogP contribution in [0.4, 0.5) is 0 Å². The van der Waals surface area contributed by atoms with Crippen molar-refractivity contribution in [3.63, 3.8) is 0 Å². The summed E-state index contributed by atoms with van der Waals surface area (Å²) in [4.78, 5) is 7.51. The van der Waals surface area contributed by atoms with Gasteiger partial charge in [-0.1, -0.05) is 18.2 Å². The molecule has 1 unspecified atom stereocenters. The molecule has 3 aliphatic heterocycles. The van der Waals surface area contributed by atoms with Crippen LogP contribution >= 0.6 is 0 Å². The highest BCUT2D eigenvalue weighted by atomic mass is 16.5. The second-order valence-corrected chi connectivity index (χ2v) is 9.93. The number of nitriles is 2. The van der Waals surface area contributed by atoms with Gasteiger partial charge in [0.2, 0.25) is 0 Å². The summed E-state index contributed by atoms with van der Waals surface area (Å²) in [5.74, 6) is 0.836. The van der Waals surface area contributed by atoms with Crippen LogP contribution in [0.3, 0.4) is 0 Å². The number of hydrogen-bond acceptors (Lipinski definition) is 6. The molecule has 0 N–H and O–H groups in total. The Morgan fingerprint density at radius 3 is 2.25 bits per heavy atom. The Hall–Kier alpha value is -3.74. The molecule has 3 heterocycles. The fourth-order valence-electron chi connectivity index (χ4n) is 5.42. The van der Waals surface area contributed by atoms with Gasteiger partial charge in [0.05, 0.1) is 35.5 Å². The van der Waals surface area contributed by atoms with Gasteiger partial charge >= 0.3 is 0 Å². The second kappa shape index (κ2) is 11.3. The second-order valence-electron chi connectivity index (χ2n) is 9.93. The Morgan fingerprint density at radius 1 is 0.861 bits per heavy atom. The predicted octanol–water partition coefficient (Wildman–Crippen LogP) is 4.65. The number of nitrogens with zero attached hydrogens (tertiary/aromatic N) is 5. The van der Waals surface area contributed by atoms with Crippen LogP contribution in [-0.2, 0) is 6.54 Å². The SMILES string of the molecule is N#Cc1ccc(CN2CCC(N3C=C(N4CCCC(Oc5ccc(C#N)cc5)C4)C=CC3)CC2)cc1. The summed E-state index contributed by atoms with van der Waals surface area (Å²) in [6.45, 7) is 6.06. The van der Waals surface area contributed by atoms with E-state index in [1.54, 1.807) is 0 Å². The van der Waals surface area contributed by atoms with E-state index in [0.717, 1.165) is 63.4 Å². The summed E-state index contributed by atoms with van der Waals surface area (Å²) in [5, 5.41) is 18.0. The summed E-state index contributed by atoms with van der Waals surface area (Å²) >= 11 is 0. The van der Waals surface area contributed by atoms with Gasteiger partial charge in [0.25, 0.3) is 0 Å². The van der Waals surface area contributed by atoms with Crippen LogP contribution < -0.4 is 4.74 Å². The molecule has 3 aliphatic rings. The highest BCUT2D eigenvalue weighted by molar-refractivity contribution is 5.35. The van der Waals surface area contributed by atoms with Gasteiger partial charge in [-0.2, -0.15) is 10.5 Å². The summed E-state index contributed by atoms with van der Waals surface area (Å²) < 4.78 is 6.26. The molecule has 184 valence electrons. The van der Waals surface area contributed by atoms with Crippen molar-refractivity contribution in [2.45, 2.75) is 44.4 Å². The number of rotatable bonds is 6. The molecule has 2 aromatic rings. The number of likely N-dealkylation sites (tertiary alicyclic amines) is 2. The van der Waals surface area contributed by atoms with Crippen LogP contribution in [0.5, 0.6) is 5.75 Å². The monoisotopic (exact) mass is 479 g/mol. The molecule has 36 heavy (non-hydrogen) atoms. The summed E-state index contributed by atoms with van der Waals surface area (Å²) in [7, 11) is 0. The van der Waals surface area contributed by atoms with Crippen molar-refractivity contribution in [3.8, 4) is 17.9 Å². The van der Waals surface area contributed by atoms with Gasteiger partial charge in [0.1, 0.15) is 11.9 Å². The van der Waals surface area contributed by atoms with E-state index in [9.17, 15) is 0 Å². The topological polar surface area (TPSA) is 66.5 Å². The van der Waals surface area contributed by atoms with E-state index in [1.165, 1.54) is 24.1 Å². The lowest BCUT2D eigenvalue weighted by atomic mass is 10.0. The van der Waals surface area contributed by atoms with Crippen molar-refractivity contribution < 1.29 is 4.74 Å². The molecular weight excluding hydrogens is 446 g/mol. The van der Waals surface area contributed by atoms with Crippen LogP contribution in [0.1, 0.15) is 42.4 Å². The molecule has 2 fully saturated rings. The maximum Gasteiger partial charge on any atom is 0.119 e. The molecule has 0 radical (unpaired) electrons. The highest BCUT2D eigenvalue weighted by Crippen LogP contribution is 2.26. The summed E-state index contributed by atoms with van der Waals surface area (Å²) in [6.07, 6.45) is 11.6. The third kappa shape index (κ3) is 5.90. The first-order valence-corrected chi connectivity index (χ1v) is 13.0. The Labute approximate surface area is 214 Å². The molecule has 2 aromatic carbocycles. The Kier molecular flexibility index (Phi) is 7.55. The van der Waals surface area contributed by atoms with Crippen LogP contribution in [0, 0.1) is 22.7 Å². The molecule has 6 heteroatoms. The minimum atomic E-state index is 0.154. The Morgan fingerprint density at radius 2 is 1.56 bits per heavy atom. The summed E-state index contributed by atoms with van der Waals surface area (Å²) in [6, 6.07) is 20.3. The van der Waals surface area contributed by atoms with E-state index in [0.29, 0.717) is 11.6 Å². The van der Waals surface area contributed by atoms with E-state index in [4.69, 9.17) is 15.3 Å². The number of benzene rings is 2. The quantitative estimate of drug-likeness (QED) is 0.601. The number of ether oxygens (including phenoxy) is 1. The van der Waals surface area contributed by atoms with Gasteiger partial charge in [-0.15, -0.1) is 0 Å². The zero-order valence-electron chi connectivity index (χ0n) is 20.7. The molecule has 0 bridgehead atoms. The first kappa shape index (κ1) is 24.0. The smallest absolute Gasteiger partial charge is 0.119 e. The Bertz CT molecular complexity index is 1160. The third-order valence-electron chi connectivity index (χ3n) is 7.45. The molecular formula is C30H33N5O. The lowest BCUT2D eigenvalue weighted by Gasteiger charge is -2.41. The molecule has 1 atom stereocenters. The van der Waals surface area contributed by atoms with Crippen LogP contribution in [0.2, 0.25) is 0 Å². The molecule has 6 nitrogen and oxygen atoms in total. The van der Waals surface area contributed by atoms with Gasteiger partial charge in [0, 0.05) is 45.0 Å². The molecule has 0 aromatic heterocycles. The standard InChI is InChI=1S/C30H33N5O/c31-19-24-5-7-26(8-6-24)21-33-17-13-27(14-18-33)34-15-1-3-28(22-34)35-16-2-4-30(23-35)36-29-11-9-25(20-32)10-12-29/h1,3,5-12,22,27,30H,2,4,13-18,21,23H2. The van der Waals surface area contributed by atoms with E-state index in [-0.39, 0.29) is 6.10 Å². The van der Waals surface area contributed by atoms with Gasteiger partial charge in [-0.3, -0.25) is 4.90 Å². The van der Waals surface area contributed by atoms with Gasteiger partial charge in [-0.25, -0.2) is 0 Å². The third-order valence-corrected chi connectivity index (χ3v) is 7.45. The van der Waals surface area contributed by atoms with Crippen molar-refractivity contribution >= 4 is 0 Å². The zero-order valence-corrected chi connectivity index (χ0v) is 20.7. The highest BCUT2D eigenvalue weighted by Gasteiger charge is 2.27. The van der Waals surface area contributed by atoms with E-state index in [2.05, 4.69) is 57.3 Å². The predicted molar refractivity (Wildman–Crippen MR) is 140 cm³/mol. The molecule has 5 rings (SSSR count). The number of hydrogen-bond donors (Lipinski definition) is 0. The largest absolute Gasteiger partial charge is 0.489 e. The average molecular weight is 480 g/mol. The van der Waals surface area contributed by atoms with Crippen molar-refractivity contribution in [2.75, 3.05) is 32.7 Å². The van der Waals surface area contributed by atoms with Crippen molar-refractivity contribution in [3.05, 3.63) is 89.3 Å². The molecule has 0 saturated carbocycles. The lowest BCUT2D eigenvalue weighted by Crippen LogP contribution is -2.45. The Balaban J connectivity index is 1.14. The van der Waals surface area contributed by atoms with E-state index >= 15 is 0 Å². The zero-order chi connectivity index (χ0) is 24.7. The first-order chi connectivity index (χ1) is 17.7. The normalized spacial score (nSPS) is 20.9. The number of piperidine rings is 2. The summed E-state index contributed by atoms with van der Waals surface area (Å²) in [5.41, 5.74) is 3.94. The first-order valence-electron chi connectivity index (χ1n) is 13.0. The van der Waals surface area contributed by atoms with E-state index in [1.807, 2.05) is 36.4 Å². The van der Waals surface area contributed by atoms with Gasteiger partial charge in [-0.05, 0) is 73.7 Å². The fourth-order valence-corrected chi connectivity index (χ4v) is 5.42. The van der Waals surface area contributed by atoms with Crippen molar-refractivity contribution in [1.29, 1.82) is 10.5 Å². The molecule has 0 spiro atoms. The van der Waals surface area contributed by atoms with Gasteiger partial charge in [0.15, 0.2) is 0 Å². The van der Waals surface area contributed by atoms with Crippen molar-refractivity contribution in [2.24, 2.45) is 0 Å². The van der Waals surface area contributed by atoms with Gasteiger partial charge < -0.3 is 14.5 Å². The minimum absolute atomic E-state index is 0.154. The fraction of sp³-hybridized carbons (Fsp3) is 0.400.